The third-order valence-electron chi connectivity index (χ3n) is 4.74. The zero-order valence-corrected chi connectivity index (χ0v) is 14.3. The van der Waals surface area contributed by atoms with Gasteiger partial charge in [0.25, 0.3) is 0 Å². The summed E-state index contributed by atoms with van der Waals surface area (Å²) in [6.07, 6.45) is -3.13. The van der Waals surface area contributed by atoms with Gasteiger partial charge in [0.05, 0.1) is 19.3 Å². The van der Waals surface area contributed by atoms with Crippen LogP contribution in [0.1, 0.15) is 17.4 Å². The van der Waals surface area contributed by atoms with Gasteiger partial charge in [0.15, 0.2) is 12.6 Å². The molecule has 0 bridgehead atoms. The molecule has 2 aliphatic heterocycles. The number of rotatable bonds is 4. The molecule has 6 nitrogen and oxygen atoms in total. The van der Waals surface area contributed by atoms with Gasteiger partial charge in [0, 0.05) is 5.56 Å². The fraction of sp³-hybridized carbons (Fsp3) is 0.400. The van der Waals surface area contributed by atoms with Crippen molar-refractivity contribution in [3.63, 3.8) is 0 Å². The molecular weight excluding hydrogens is 334 g/mol. The van der Waals surface area contributed by atoms with Crippen LogP contribution in [0.25, 0.3) is 0 Å². The van der Waals surface area contributed by atoms with Gasteiger partial charge in [-0.2, -0.15) is 0 Å². The van der Waals surface area contributed by atoms with E-state index in [-0.39, 0.29) is 0 Å². The average molecular weight is 357 g/mol. The predicted octanol–water partition coefficient (Wildman–Crippen LogP) is 1.73. The van der Waals surface area contributed by atoms with Crippen LogP contribution in [0.5, 0.6) is 0 Å². The summed E-state index contributed by atoms with van der Waals surface area (Å²) in [6.45, 7) is 0.664. The molecule has 2 aliphatic rings. The smallest absolute Gasteiger partial charge is 0.184 e. The van der Waals surface area contributed by atoms with Crippen LogP contribution in [-0.4, -0.2) is 42.4 Å². The molecule has 0 amide bonds. The lowest BCUT2D eigenvalue weighted by Gasteiger charge is -2.46. The van der Waals surface area contributed by atoms with Gasteiger partial charge in [0.1, 0.15) is 18.3 Å². The Morgan fingerprint density at radius 2 is 1.69 bits per heavy atom. The van der Waals surface area contributed by atoms with Crippen molar-refractivity contribution < 1.29 is 24.1 Å². The van der Waals surface area contributed by atoms with E-state index in [1.54, 1.807) is 0 Å². The van der Waals surface area contributed by atoms with Crippen molar-refractivity contribution in [1.29, 1.82) is 0 Å². The van der Waals surface area contributed by atoms with E-state index in [1.165, 1.54) is 0 Å². The summed E-state index contributed by atoms with van der Waals surface area (Å²) in [7, 11) is 0. The number of ether oxygens (including phenoxy) is 4. The molecule has 0 aliphatic carbocycles. The number of aliphatic hydroxyl groups excluding tert-OH is 1. The van der Waals surface area contributed by atoms with E-state index >= 15 is 0 Å². The molecule has 26 heavy (non-hydrogen) atoms. The highest BCUT2D eigenvalue weighted by Gasteiger charge is 2.48. The average Bonchev–Trinajstić information content (AvgIpc) is 2.71. The highest BCUT2D eigenvalue weighted by Crippen LogP contribution is 2.33. The second-order valence-electron chi connectivity index (χ2n) is 6.58. The highest BCUT2D eigenvalue weighted by atomic mass is 16.7. The van der Waals surface area contributed by atoms with Gasteiger partial charge >= 0.3 is 0 Å². The summed E-state index contributed by atoms with van der Waals surface area (Å²) in [5, 5.41) is 10.6. The maximum Gasteiger partial charge on any atom is 0.184 e. The molecule has 2 heterocycles. The molecule has 6 heteroatoms. The van der Waals surface area contributed by atoms with Crippen LogP contribution < -0.4 is 5.73 Å². The quantitative estimate of drug-likeness (QED) is 0.867. The van der Waals surface area contributed by atoms with Crippen molar-refractivity contribution in [2.45, 2.75) is 43.5 Å². The van der Waals surface area contributed by atoms with E-state index in [2.05, 4.69) is 0 Å². The minimum Gasteiger partial charge on any atom is -0.388 e. The van der Waals surface area contributed by atoms with Crippen LogP contribution in [0, 0.1) is 0 Å². The third-order valence-corrected chi connectivity index (χ3v) is 4.74. The Kier molecular flexibility index (Phi) is 5.31. The molecule has 2 saturated heterocycles. The van der Waals surface area contributed by atoms with Gasteiger partial charge in [0.2, 0.25) is 0 Å². The molecule has 0 saturated carbocycles. The Bertz CT molecular complexity index is 696. The largest absolute Gasteiger partial charge is 0.388 e. The van der Waals surface area contributed by atoms with Gasteiger partial charge in [-0.1, -0.05) is 60.7 Å². The van der Waals surface area contributed by atoms with Crippen molar-refractivity contribution in [2.75, 3.05) is 6.61 Å². The lowest BCUT2D eigenvalue weighted by molar-refractivity contribution is -0.343. The van der Waals surface area contributed by atoms with Gasteiger partial charge in [-0.05, 0) is 5.56 Å². The Balaban J connectivity index is 1.40. The molecular formula is C20H23NO5. The molecule has 0 aromatic heterocycles. The number of hydrogen-bond donors (Lipinski definition) is 2. The lowest BCUT2D eigenvalue weighted by Crippen LogP contribution is -2.64. The maximum absolute atomic E-state index is 10.6. The first-order valence-corrected chi connectivity index (χ1v) is 8.79. The van der Waals surface area contributed by atoms with E-state index in [4.69, 9.17) is 24.7 Å². The summed E-state index contributed by atoms with van der Waals surface area (Å²) in [5.74, 6) is 0. The fourth-order valence-corrected chi connectivity index (χ4v) is 3.29. The second-order valence-corrected chi connectivity index (χ2v) is 6.58. The van der Waals surface area contributed by atoms with Gasteiger partial charge in [-0.3, -0.25) is 0 Å². The number of fused-ring (bicyclic) bond motifs is 1. The van der Waals surface area contributed by atoms with Crippen molar-refractivity contribution in [1.82, 2.24) is 0 Å². The normalized spacial score (nSPS) is 34.2. The van der Waals surface area contributed by atoms with Crippen molar-refractivity contribution in [3.05, 3.63) is 71.8 Å². The molecule has 6 atom stereocenters. The molecule has 3 N–H and O–H groups in total. The first-order valence-electron chi connectivity index (χ1n) is 8.79. The molecule has 1 unspecified atom stereocenters. The summed E-state index contributed by atoms with van der Waals surface area (Å²) < 4.78 is 23.4. The molecule has 4 rings (SSSR count). The molecule has 0 radical (unpaired) electrons. The minimum atomic E-state index is -0.898. The summed E-state index contributed by atoms with van der Waals surface area (Å²) in [5.41, 5.74) is 8.07. The molecule has 2 aromatic carbocycles. The van der Waals surface area contributed by atoms with Crippen molar-refractivity contribution in [3.8, 4) is 0 Å². The monoisotopic (exact) mass is 357 g/mol. The van der Waals surface area contributed by atoms with Crippen LogP contribution in [-0.2, 0) is 25.6 Å². The van der Waals surface area contributed by atoms with Gasteiger partial charge in [-0.25, -0.2) is 0 Å². The van der Waals surface area contributed by atoms with Gasteiger partial charge in [-0.15, -0.1) is 0 Å². The topological polar surface area (TPSA) is 83.2 Å². The molecule has 0 spiro atoms. The SMILES string of the molecule is N[C@@H]1[C@@H](OCc2ccccc2)O[C@@H]2COC(c3ccccc3)O[C@H]2[C@@H]1O. The van der Waals surface area contributed by atoms with Crippen LogP contribution in [0.15, 0.2) is 60.7 Å². The third kappa shape index (κ3) is 3.66. The van der Waals surface area contributed by atoms with E-state index in [0.717, 1.165) is 11.1 Å². The zero-order valence-electron chi connectivity index (χ0n) is 14.3. The molecule has 2 aromatic rings. The van der Waals surface area contributed by atoms with E-state index in [9.17, 15) is 5.11 Å². The predicted molar refractivity (Wildman–Crippen MR) is 93.9 cm³/mol. The summed E-state index contributed by atoms with van der Waals surface area (Å²) in [6, 6.07) is 18.7. The van der Waals surface area contributed by atoms with Crippen molar-refractivity contribution in [2.24, 2.45) is 5.73 Å². The van der Waals surface area contributed by atoms with Crippen LogP contribution in [0.3, 0.4) is 0 Å². The van der Waals surface area contributed by atoms with Crippen LogP contribution >= 0.6 is 0 Å². The molecule has 138 valence electrons. The lowest BCUT2D eigenvalue weighted by atomic mass is 9.96. The van der Waals surface area contributed by atoms with E-state index in [1.807, 2.05) is 60.7 Å². The van der Waals surface area contributed by atoms with Crippen molar-refractivity contribution >= 4 is 0 Å². The summed E-state index contributed by atoms with van der Waals surface area (Å²) >= 11 is 0. The number of hydrogen-bond acceptors (Lipinski definition) is 6. The first kappa shape index (κ1) is 17.6. The minimum absolute atomic E-state index is 0.305. The Labute approximate surface area is 152 Å². The standard InChI is InChI=1S/C20H23NO5/c21-16-17(22)18-15(12-24-19(26-18)14-9-5-2-6-10-14)25-20(16)23-11-13-7-3-1-4-8-13/h1-10,15-20,22H,11-12,21H2/t15-,16+,17-,18-,19?,20+/m1/s1. The maximum atomic E-state index is 10.6. The number of aliphatic hydroxyl groups is 1. The second kappa shape index (κ2) is 7.84. The van der Waals surface area contributed by atoms with Gasteiger partial charge < -0.3 is 29.8 Å². The first-order chi connectivity index (χ1) is 12.7. The summed E-state index contributed by atoms with van der Waals surface area (Å²) in [4.78, 5) is 0. The Hall–Kier alpha value is -1.80. The van der Waals surface area contributed by atoms with E-state index < -0.39 is 36.9 Å². The molecule has 2 fully saturated rings. The zero-order chi connectivity index (χ0) is 17.9. The highest BCUT2D eigenvalue weighted by molar-refractivity contribution is 5.17. The van der Waals surface area contributed by atoms with Crippen LogP contribution in [0.4, 0.5) is 0 Å². The number of nitrogens with two attached hydrogens (primary N) is 1. The Morgan fingerprint density at radius 1 is 1.00 bits per heavy atom. The van der Waals surface area contributed by atoms with E-state index in [0.29, 0.717) is 13.2 Å². The Morgan fingerprint density at radius 3 is 2.42 bits per heavy atom. The number of benzene rings is 2. The van der Waals surface area contributed by atoms with Crippen LogP contribution in [0.2, 0.25) is 0 Å². The fourth-order valence-electron chi connectivity index (χ4n) is 3.29.